The molecule has 3 heteroatoms. The average molecular weight is 277 g/mol. The lowest BCUT2D eigenvalue weighted by atomic mass is 9.79. The molecule has 0 saturated heterocycles. The standard InChI is InChI=1S/C16H21ClN2/c1-11(2)13-4-6-14(7-5-13)19-16-9-12(10-18)3-8-15(16)17/h3,8-9,11,13-14,19H,4-7H2,1-2H3. The molecule has 1 fully saturated rings. The maximum Gasteiger partial charge on any atom is 0.0992 e. The largest absolute Gasteiger partial charge is 0.381 e. The van der Waals surface area contributed by atoms with Crippen LogP contribution in [-0.2, 0) is 0 Å². The van der Waals surface area contributed by atoms with Gasteiger partial charge in [-0.3, -0.25) is 0 Å². The predicted octanol–water partition coefficient (Wildman–Crippen LogP) is 4.84. The number of nitrogens with one attached hydrogen (secondary N) is 1. The second-order valence-electron chi connectivity index (χ2n) is 5.81. The normalized spacial score (nSPS) is 23.1. The average Bonchev–Trinajstić information content (AvgIpc) is 2.42. The Balaban J connectivity index is 1.98. The summed E-state index contributed by atoms with van der Waals surface area (Å²) in [7, 11) is 0. The molecule has 1 aromatic carbocycles. The first-order valence-corrected chi connectivity index (χ1v) is 7.44. The van der Waals surface area contributed by atoms with E-state index in [9.17, 15) is 0 Å². The lowest BCUT2D eigenvalue weighted by Crippen LogP contribution is -2.28. The van der Waals surface area contributed by atoms with Gasteiger partial charge in [-0.15, -0.1) is 0 Å². The Morgan fingerprint density at radius 3 is 2.53 bits per heavy atom. The smallest absolute Gasteiger partial charge is 0.0992 e. The van der Waals surface area contributed by atoms with Gasteiger partial charge in [0.2, 0.25) is 0 Å². The van der Waals surface area contributed by atoms with Gasteiger partial charge in [-0.2, -0.15) is 5.26 Å². The molecule has 2 nitrogen and oxygen atoms in total. The molecule has 0 aromatic heterocycles. The summed E-state index contributed by atoms with van der Waals surface area (Å²) in [4.78, 5) is 0. The number of hydrogen-bond acceptors (Lipinski definition) is 2. The lowest BCUT2D eigenvalue weighted by Gasteiger charge is -2.32. The zero-order chi connectivity index (χ0) is 13.8. The Morgan fingerprint density at radius 1 is 1.26 bits per heavy atom. The van der Waals surface area contributed by atoms with Crippen molar-refractivity contribution in [3.05, 3.63) is 28.8 Å². The zero-order valence-corrected chi connectivity index (χ0v) is 12.4. The van der Waals surface area contributed by atoms with Crippen molar-refractivity contribution in [2.24, 2.45) is 11.8 Å². The van der Waals surface area contributed by atoms with Crippen LogP contribution in [0.2, 0.25) is 5.02 Å². The molecule has 0 heterocycles. The Bertz CT molecular complexity index is 468. The van der Waals surface area contributed by atoms with Crippen LogP contribution in [0.3, 0.4) is 0 Å². The van der Waals surface area contributed by atoms with E-state index in [0.29, 0.717) is 16.6 Å². The molecule has 1 N–H and O–H groups in total. The molecule has 0 atom stereocenters. The van der Waals surface area contributed by atoms with E-state index in [1.165, 1.54) is 25.7 Å². The third kappa shape index (κ3) is 3.64. The van der Waals surface area contributed by atoms with Crippen LogP contribution in [0, 0.1) is 23.2 Å². The molecule has 0 spiro atoms. The van der Waals surface area contributed by atoms with Crippen molar-refractivity contribution in [1.29, 1.82) is 5.26 Å². The molecule has 1 aromatic rings. The molecule has 1 saturated carbocycles. The van der Waals surface area contributed by atoms with E-state index in [1.54, 1.807) is 12.1 Å². The van der Waals surface area contributed by atoms with Crippen molar-refractivity contribution >= 4 is 17.3 Å². The van der Waals surface area contributed by atoms with Gasteiger partial charge in [0, 0.05) is 6.04 Å². The fourth-order valence-electron chi connectivity index (χ4n) is 2.86. The van der Waals surface area contributed by atoms with Gasteiger partial charge in [-0.05, 0) is 55.7 Å². The summed E-state index contributed by atoms with van der Waals surface area (Å²) in [6, 6.07) is 8.03. The van der Waals surface area contributed by atoms with Gasteiger partial charge < -0.3 is 5.32 Å². The highest BCUT2D eigenvalue weighted by Gasteiger charge is 2.23. The zero-order valence-electron chi connectivity index (χ0n) is 11.6. The number of halogens is 1. The highest BCUT2D eigenvalue weighted by molar-refractivity contribution is 6.33. The first-order chi connectivity index (χ1) is 9.10. The van der Waals surface area contributed by atoms with Gasteiger partial charge in [0.1, 0.15) is 0 Å². The quantitative estimate of drug-likeness (QED) is 0.857. The summed E-state index contributed by atoms with van der Waals surface area (Å²) < 4.78 is 0. The minimum Gasteiger partial charge on any atom is -0.381 e. The Hall–Kier alpha value is -1.20. The van der Waals surface area contributed by atoms with Gasteiger partial charge in [-0.1, -0.05) is 25.4 Å². The second kappa shape index (κ2) is 6.30. The van der Waals surface area contributed by atoms with Crippen molar-refractivity contribution in [2.45, 2.75) is 45.6 Å². The van der Waals surface area contributed by atoms with E-state index in [1.807, 2.05) is 6.07 Å². The number of anilines is 1. The maximum absolute atomic E-state index is 8.93. The van der Waals surface area contributed by atoms with Crippen LogP contribution in [0.15, 0.2) is 18.2 Å². The summed E-state index contributed by atoms with van der Waals surface area (Å²) >= 11 is 6.18. The van der Waals surface area contributed by atoms with Crippen molar-refractivity contribution in [2.75, 3.05) is 5.32 Å². The third-order valence-corrected chi connectivity index (χ3v) is 4.50. The fourth-order valence-corrected chi connectivity index (χ4v) is 3.03. The maximum atomic E-state index is 8.93. The number of hydrogen-bond donors (Lipinski definition) is 1. The minimum absolute atomic E-state index is 0.487. The second-order valence-corrected chi connectivity index (χ2v) is 6.21. The van der Waals surface area contributed by atoms with Crippen molar-refractivity contribution in [3.63, 3.8) is 0 Å². The SMILES string of the molecule is CC(C)C1CCC(Nc2cc(C#N)ccc2Cl)CC1. The molecule has 0 bridgehead atoms. The summed E-state index contributed by atoms with van der Waals surface area (Å²) in [5.41, 5.74) is 1.55. The molecule has 2 rings (SSSR count). The van der Waals surface area contributed by atoms with Crippen LogP contribution < -0.4 is 5.32 Å². The molecular weight excluding hydrogens is 256 g/mol. The van der Waals surface area contributed by atoms with Crippen LogP contribution >= 0.6 is 11.6 Å². The molecule has 19 heavy (non-hydrogen) atoms. The van der Waals surface area contributed by atoms with Gasteiger partial charge >= 0.3 is 0 Å². The first kappa shape index (κ1) is 14.2. The molecule has 0 radical (unpaired) electrons. The molecule has 0 aliphatic heterocycles. The summed E-state index contributed by atoms with van der Waals surface area (Å²) in [5.74, 6) is 1.64. The van der Waals surface area contributed by atoms with Crippen LogP contribution in [0.4, 0.5) is 5.69 Å². The van der Waals surface area contributed by atoms with Gasteiger partial charge in [0.05, 0.1) is 22.3 Å². The molecule has 102 valence electrons. The van der Waals surface area contributed by atoms with E-state index in [-0.39, 0.29) is 0 Å². The monoisotopic (exact) mass is 276 g/mol. The van der Waals surface area contributed by atoms with Crippen LogP contribution in [0.25, 0.3) is 0 Å². The number of nitriles is 1. The summed E-state index contributed by atoms with van der Waals surface area (Å²) in [6.45, 7) is 4.62. The lowest BCUT2D eigenvalue weighted by molar-refractivity contribution is 0.267. The Morgan fingerprint density at radius 2 is 1.95 bits per heavy atom. The number of benzene rings is 1. The minimum atomic E-state index is 0.487. The van der Waals surface area contributed by atoms with Gasteiger partial charge in [-0.25, -0.2) is 0 Å². The number of nitrogens with zero attached hydrogens (tertiary/aromatic N) is 1. The third-order valence-electron chi connectivity index (χ3n) is 4.17. The molecule has 0 unspecified atom stereocenters. The highest BCUT2D eigenvalue weighted by atomic mass is 35.5. The van der Waals surface area contributed by atoms with Gasteiger partial charge in [0.25, 0.3) is 0 Å². The first-order valence-electron chi connectivity index (χ1n) is 7.06. The van der Waals surface area contributed by atoms with Gasteiger partial charge in [0.15, 0.2) is 0 Å². The van der Waals surface area contributed by atoms with E-state index in [0.717, 1.165) is 17.5 Å². The topological polar surface area (TPSA) is 35.8 Å². The summed E-state index contributed by atoms with van der Waals surface area (Å²) in [6.07, 6.45) is 4.95. The van der Waals surface area contributed by atoms with E-state index in [2.05, 4.69) is 25.2 Å². The van der Waals surface area contributed by atoms with Crippen LogP contribution in [-0.4, -0.2) is 6.04 Å². The molecular formula is C16H21ClN2. The molecule has 1 aliphatic rings. The highest BCUT2D eigenvalue weighted by Crippen LogP contribution is 2.32. The van der Waals surface area contributed by atoms with Crippen LogP contribution in [0.5, 0.6) is 0 Å². The van der Waals surface area contributed by atoms with Crippen molar-refractivity contribution in [1.82, 2.24) is 0 Å². The van der Waals surface area contributed by atoms with E-state index < -0.39 is 0 Å². The van der Waals surface area contributed by atoms with Crippen LogP contribution in [0.1, 0.15) is 45.1 Å². The number of rotatable bonds is 3. The van der Waals surface area contributed by atoms with Crippen molar-refractivity contribution < 1.29 is 0 Å². The molecule has 1 aliphatic carbocycles. The summed E-state index contributed by atoms with van der Waals surface area (Å²) in [5, 5.41) is 13.1. The Labute approximate surface area is 120 Å². The Kier molecular flexibility index (Phi) is 4.71. The molecule has 0 amide bonds. The van der Waals surface area contributed by atoms with Crippen molar-refractivity contribution in [3.8, 4) is 6.07 Å². The fraction of sp³-hybridized carbons (Fsp3) is 0.562. The van der Waals surface area contributed by atoms with E-state index in [4.69, 9.17) is 16.9 Å². The predicted molar refractivity (Wildman–Crippen MR) is 80.4 cm³/mol. The van der Waals surface area contributed by atoms with E-state index >= 15 is 0 Å².